The number of nitrogens with one attached hydrogen (secondary N) is 1. The molecule has 2 aromatic rings. The molecule has 120 valence electrons. The molecule has 0 aromatic carbocycles. The highest BCUT2D eigenvalue weighted by Crippen LogP contribution is 2.18. The average Bonchev–Trinajstić information content (AvgIpc) is 2.87. The Morgan fingerprint density at radius 2 is 2.05 bits per heavy atom. The summed E-state index contributed by atoms with van der Waals surface area (Å²) in [6.45, 7) is 3.89. The maximum Gasteiger partial charge on any atom is 0.180 e. The number of oxazole rings is 1. The van der Waals surface area contributed by atoms with Crippen LogP contribution in [-0.4, -0.2) is 34.0 Å². The molecule has 6 heteroatoms. The molecule has 0 saturated carbocycles. The number of halogens is 1. The topological polar surface area (TPSA) is 54.2 Å². The van der Waals surface area contributed by atoms with Crippen molar-refractivity contribution in [3.8, 4) is 0 Å². The van der Waals surface area contributed by atoms with E-state index < -0.39 is 0 Å². The molecular formula is C16H23ClN4O. The van der Waals surface area contributed by atoms with E-state index in [0.29, 0.717) is 6.04 Å². The minimum absolute atomic E-state index is 0. The van der Waals surface area contributed by atoms with Crippen LogP contribution in [0.4, 0.5) is 0 Å². The van der Waals surface area contributed by atoms with Crippen LogP contribution in [-0.2, 0) is 13.1 Å². The van der Waals surface area contributed by atoms with Gasteiger partial charge >= 0.3 is 0 Å². The van der Waals surface area contributed by atoms with Gasteiger partial charge < -0.3 is 9.73 Å². The lowest BCUT2D eigenvalue weighted by atomic mass is 10.1. The number of hydrogen-bond acceptors (Lipinski definition) is 5. The number of pyridine rings is 1. The lowest BCUT2D eigenvalue weighted by Gasteiger charge is -2.30. The van der Waals surface area contributed by atoms with Gasteiger partial charge in [-0.2, -0.15) is 0 Å². The zero-order valence-electron chi connectivity index (χ0n) is 12.6. The van der Waals surface area contributed by atoms with Crippen molar-refractivity contribution >= 4 is 12.4 Å². The monoisotopic (exact) mass is 322 g/mol. The summed E-state index contributed by atoms with van der Waals surface area (Å²) in [5.41, 5.74) is 2.10. The van der Waals surface area contributed by atoms with Crippen molar-refractivity contribution in [3.05, 3.63) is 48.4 Å². The molecule has 0 spiro atoms. The van der Waals surface area contributed by atoms with Gasteiger partial charge in [-0.25, -0.2) is 4.98 Å². The Bertz CT molecular complexity index is 512. The van der Waals surface area contributed by atoms with Crippen LogP contribution in [0.2, 0.25) is 0 Å². The first-order valence-corrected chi connectivity index (χ1v) is 7.63. The van der Waals surface area contributed by atoms with Crippen LogP contribution in [0.25, 0.3) is 0 Å². The molecule has 0 aliphatic carbocycles. The Morgan fingerprint density at radius 3 is 2.82 bits per heavy atom. The van der Waals surface area contributed by atoms with Gasteiger partial charge in [-0.3, -0.25) is 9.88 Å². The van der Waals surface area contributed by atoms with Gasteiger partial charge in [-0.1, -0.05) is 6.07 Å². The van der Waals surface area contributed by atoms with Gasteiger partial charge in [-0.05, 0) is 44.5 Å². The zero-order valence-corrected chi connectivity index (χ0v) is 13.5. The molecule has 22 heavy (non-hydrogen) atoms. The summed E-state index contributed by atoms with van der Waals surface area (Å²) in [6, 6.07) is 6.66. The predicted octanol–water partition coefficient (Wildman–Crippen LogP) is 2.64. The molecule has 1 unspecified atom stereocenters. The molecule has 1 aliphatic rings. The number of nitrogens with zero attached hydrogens (tertiary/aromatic N) is 3. The second kappa shape index (κ2) is 8.88. The molecular weight excluding hydrogens is 300 g/mol. The minimum atomic E-state index is 0. The lowest BCUT2D eigenvalue weighted by molar-refractivity contribution is 0.160. The van der Waals surface area contributed by atoms with E-state index in [1.165, 1.54) is 25.7 Å². The van der Waals surface area contributed by atoms with Crippen LogP contribution in [0, 0.1) is 0 Å². The summed E-state index contributed by atoms with van der Waals surface area (Å²) in [4.78, 5) is 11.2. The molecule has 0 amide bonds. The van der Waals surface area contributed by atoms with Crippen LogP contribution in [0.1, 0.15) is 30.7 Å². The van der Waals surface area contributed by atoms with E-state index in [0.717, 1.165) is 37.6 Å². The molecule has 5 nitrogen and oxygen atoms in total. The SMILES string of the molecule is Cl.c1ccc(CN(Cc2cocn2)C2CCCNCC2)nc1. The highest BCUT2D eigenvalue weighted by atomic mass is 35.5. The van der Waals surface area contributed by atoms with Crippen molar-refractivity contribution in [1.29, 1.82) is 0 Å². The fourth-order valence-corrected chi connectivity index (χ4v) is 2.90. The standard InChI is InChI=1S/C16H22N4O.ClH/c1-2-8-18-14(4-1)10-20(11-15-12-21-13-19-15)16-5-3-7-17-9-6-16;/h1-2,4,8,12-13,16-17H,3,5-7,9-11H2;1H. The highest BCUT2D eigenvalue weighted by Gasteiger charge is 2.21. The van der Waals surface area contributed by atoms with Crippen LogP contribution in [0.5, 0.6) is 0 Å². The second-order valence-corrected chi connectivity index (χ2v) is 5.54. The van der Waals surface area contributed by atoms with E-state index in [2.05, 4.69) is 26.3 Å². The maximum atomic E-state index is 5.11. The Kier molecular flexibility index (Phi) is 6.83. The van der Waals surface area contributed by atoms with Crippen molar-refractivity contribution in [2.45, 2.75) is 38.4 Å². The summed E-state index contributed by atoms with van der Waals surface area (Å²) in [5, 5.41) is 3.48. The quantitative estimate of drug-likeness (QED) is 0.917. The van der Waals surface area contributed by atoms with E-state index in [9.17, 15) is 0 Å². The Hall–Kier alpha value is -1.43. The van der Waals surface area contributed by atoms with Crippen LogP contribution < -0.4 is 5.32 Å². The Morgan fingerprint density at radius 1 is 1.14 bits per heavy atom. The van der Waals surface area contributed by atoms with Crippen molar-refractivity contribution in [1.82, 2.24) is 20.2 Å². The second-order valence-electron chi connectivity index (χ2n) is 5.54. The van der Waals surface area contributed by atoms with Gasteiger partial charge in [0.15, 0.2) is 6.39 Å². The molecule has 1 saturated heterocycles. The largest absolute Gasteiger partial charge is 0.451 e. The first kappa shape index (κ1) is 16.9. The molecule has 1 N–H and O–H groups in total. The summed E-state index contributed by atoms with van der Waals surface area (Å²) < 4.78 is 5.11. The molecule has 0 radical (unpaired) electrons. The van der Waals surface area contributed by atoms with E-state index >= 15 is 0 Å². The summed E-state index contributed by atoms with van der Waals surface area (Å²) in [6.07, 6.45) is 8.71. The van der Waals surface area contributed by atoms with Crippen molar-refractivity contribution < 1.29 is 4.42 Å². The minimum Gasteiger partial charge on any atom is -0.451 e. The van der Waals surface area contributed by atoms with Gasteiger partial charge in [0.25, 0.3) is 0 Å². The normalized spacial score (nSPS) is 18.7. The molecule has 2 aromatic heterocycles. The molecule has 1 fully saturated rings. The van der Waals surface area contributed by atoms with Crippen LogP contribution >= 0.6 is 12.4 Å². The van der Waals surface area contributed by atoms with Crippen molar-refractivity contribution in [3.63, 3.8) is 0 Å². The van der Waals surface area contributed by atoms with E-state index in [1.807, 2.05) is 18.3 Å². The van der Waals surface area contributed by atoms with Crippen molar-refractivity contribution in [2.24, 2.45) is 0 Å². The summed E-state index contributed by atoms with van der Waals surface area (Å²) in [5.74, 6) is 0. The molecule has 3 heterocycles. The molecule has 3 rings (SSSR count). The first-order chi connectivity index (χ1) is 10.4. The third-order valence-electron chi connectivity index (χ3n) is 4.00. The maximum absolute atomic E-state index is 5.11. The van der Waals surface area contributed by atoms with Crippen LogP contribution in [0.3, 0.4) is 0 Å². The number of rotatable bonds is 5. The smallest absolute Gasteiger partial charge is 0.180 e. The van der Waals surface area contributed by atoms with Gasteiger partial charge in [0.2, 0.25) is 0 Å². The van der Waals surface area contributed by atoms with E-state index in [-0.39, 0.29) is 12.4 Å². The predicted molar refractivity (Wildman–Crippen MR) is 87.7 cm³/mol. The molecule has 0 bridgehead atoms. The fraction of sp³-hybridized carbons (Fsp3) is 0.500. The Balaban J connectivity index is 0.00000176. The van der Waals surface area contributed by atoms with Gasteiger partial charge in [0, 0.05) is 25.3 Å². The summed E-state index contributed by atoms with van der Waals surface area (Å²) >= 11 is 0. The average molecular weight is 323 g/mol. The first-order valence-electron chi connectivity index (χ1n) is 7.63. The third kappa shape index (κ3) is 4.80. The molecule has 1 atom stereocenters. The van der Waals surface area contributed by atoms with E-state index in [4.69, 9.17) is 4.42 Å². The lowest BCUT2D eigenvalue weighted by Crippen LogP contribution is -2.35. The molecule has 1 aliphatic heterocycles. The summed E-state index contributed by atoms with van der Waals surface area (Å²) in [7, 11) is 0. The van der Waals surface area contributed by atoms with Gasteiger partial charge in [0.05, 0.1) is 11.4 Å². The third-order valence-corrected chi connectivity index (χ3v) is 4.00. The number of aromatic nitrogens is 2. The Labute approximate surface area is 137 Å². The zero-order chi connectivity index (χ0) is 14.3. The van der Waals surface area contributed by atoms with Gasteiger partial charge in [-0.15, -0.1) is 12.4 Å². The van der Waals surface area contributed by atoms with E-state index in [1.54, 1.807) is 6.26 Å². The fourth-order valence-electron chi connectivity index (χ4n) is 2.90. The van der Waals surface area contributed by atoms with Crippen LogP contribution in [0.15, 0.2) is 41.5 Å². The number of hydrogen-bond donors (Lipinski definition) is 1. The van der Waals surface area contributed by atoms with Crippen molar-refractivity contribution in [2.75, 3.05) is 13.1 Å². The highest BCUT2D eigenvalue weighted by molar-refractivity contribution is 5.85. The van der Waals surface area contributed by atoms with Gasteiger partial charge in [0.1, 0.15) is 6.26 Å².